The second-order valence-electron chi connectivity index (χ2n) is 3.78. The van der Waals surface area contributed by atoms with E-state index in [9.17, 15) is 0 Å². The lowest BCUT2D eigenvalue weighted by molar-refractivity contribution is 0.525. The number of hydrogen-bond acceptors (Lipinski definition) is 2. The Morgan fingerprint density at radius 3 is 3.00 bits per heavy atom. The Kier molecular flexibility index (Phi) is 3.28. The van der Waals surface area contributed by atoms with Crippen LogP contribution in [-0.4, -0.2) is 6.54 Å². The van der Waals surface area contributed by atoms with E-state index in [1.54, 1.807) is 0 Å². The smallest absolute Gasteiger partial charge is 0.134 e. The van der Waals surface area contributed by atoms with Gasteiger partial charge in [0.25, 0.3) is 0 Å². The lowest BCUT2D eigenvalue weighted by Crippen LogP contribution is -2.12. The zero-order chi connectivity index (χ0) is 11.4. The van der Waals surface area contributed by atoms with Gasteiger partial charge in [0.15, 0.2) is 0 Å². The van der Waals surface area contributed by atoms with Gasteiger partial charge in [0.05, 0.1) is 13.1 Å². The van der Waals surface area contributed by atoms with E-state index in [-0.39, 0.29) is 0 Å². The molecule has 0 aliphatic rings. The van der Waals surface area contributed by atoms with Crippen LogP contribution in [0.3, 0.4) is 0 Å². The van der Waals surface area contributed by atoms with Crippen molar-refractivity contribution < 1.29 is 4.42 Å². The predicted molar refractivity (Wildman–Crippen MR) is 66.1 cm³/mol. The Morgan fingerprint density at radius 2 is 2.19 bits per heavy atom. The van der Waals surface area contributed by atoms with Crippen molar-refractivity contribution in [2.75, 3.05) is 6.54 Å². The number of hydrogen-bond donors (Lipinski definition) is 1. The lowest BCUT2D eigenvalue weighted by atomic mass is 10.2. The molecule has 2 heteroatoms. The molecule has 1 heterocycles. The third kappa shape index (κ3) is 2.44. The van der Waals surface area contributed by atoms with E-state index in [1.807, 2.05) is 13.0 Å². The first-order chi connectivity index (χ1) is 7.79. The van der Waals surface area contributed by atoms with Crippen molar-refractivity contribution in [3.63, 3.8) is 0 Å². The van der Waals surface area contributed by atoms with Crippen LogP contribution in [0.25, 0.3) is 11.0 Å². The average molecular weight is 213 g/mol. The van der Waals surface area contributed by atoms with E-state index in [4.69, 9.17) is 4.42 Å². The first kappa shape index (κ1) is 10.8. The molecular formula is C14H15NO. The Hall–Kier alpha value is -1.72. The van der Waals surface area contributed by atoms with Gasteiger partial charge >= 0.3 is 0 Å². The van der Waals surface area contributed by atoms with Gasteiger partial charge in [-0.05, 0) is 32.0 Å². The van der Waals surface area contributed by atoms with Crippen molar-refractivity contribution in [3.05, 3.63) is 35.6 Å². The number of fused-ring (bicyclic) bond motifs is 1. The summed E-state index contributed by atoms with van der Waals surface area (Å²) in [6, 6.07) is 8.29. The third-order valence-electron chi connectivity index (χ3n) is 2.41. The summed E-state index contributed by atoms with van der Waals surface area (Å²) in [7, 11) is 0. The summed E-state index contributed by atoms with van der Waals surface area (Å²) >= 11 is 0. The predicted octanol–water partition coefficient (Wildman–Crippen LogP) is 2.85. The summed E-state index contributed by atoms with van der Waals surface area (Å²) in [5.41, 5.74) is 2.20. The number of aryl methyl sites for hydroxylation is 1. The minimum atomic E-state index is 0.701. The fourth-order valence-corrected chi connectivity index (χ4v) is 1.64. The molecule has 0 unspecified atom stereocenters. The maximum Gasteiger partial charge on any atom is 0.134 e. The molecule has 0 fully saturated rings. The molecule has 2 aromatic rings. The van der Waals surface area contributed by atoms with Gasteiger partial charge in [-0.1, -0.05) is 17.6 Å². The van der Waals surface area contributed by atoms with Crippen LogP contribution in [0.5, 0.6) is 0 Å². The molecule has 0 bridgehead atoms. The van der Waals surface area contributed by atoms with Crippen molar-refractivity contribution in [1.29, 1.82) is 0 Å². The molecule has 1 aromatic heterocycles. The fourth-order valence-electron chi connectivity index (χ4n) is 1.64. The van der Waals surface area contributed by atoms with Gasteiger partial charge in [0.2, 0.25) is 0 Å². The molecule has 2 rings (SSSR count). The molecule has 82 valence electrons. The molecule has 0 spiro atoms. The Labute approximate surface area is 95.6 Å². The molecule has 0 aliphatic heterocycles. The van der Waals surface area contributed by atoms with E-state index < -0.39 is 0 Å². The van der Waals surface area contributed by atoms with Crippen molar-refractivity contribution in [2.45, 2.75) is 20.4 Å². The van der Waals surface area contributed by atoms with Gasteiger partial charge in [0.1, 0.15) is 11.3 Å². The van der Waals surface area contributed by atoms with Gasteiger partial charge < -0.3 is 4.42 Å². The second kappa shape index (κ2) is 4.87. The molecule has 0 atom stereocenters. The number of rotatable bonds is 3. The number of nitrogens with one attached hydrogen (secondary N) is 1. The summed E-state index contributed by atoms with van der Waals surface area (Å²) in [6.07, 6.45) is 0. The van der Waals surface area contributed by atoms with Crippen LogP contribution in [0, 0.1) is 18.8 Å². The molecular weight excluding hydrogens is 198 g/mol. The highest BCUT2D eigenvalue weighted by Crippen LogP contribution is 2.20. The minimum Gasteiger partial charge on any atom is -0.460 e. The number of furan rings is 1. The Bertz CT molecular complexity index is 543. The highest BCUT2D eigenvalue weighted by molar-refractivity contribution is 5.78. The van der Waals surface area contributed by atoms with E-state index in [1.165, 1.54) is 10.9 Å². The first-order valence-electron chi connectivity index (χ1n) is 5.39. The van der Waals surface area contributed by atoms with Crippen molar-refractivity contribution in [3.8, 4) is 11.8 Å². The van der Waals surface area contributed by atoms with Crippen molar-refractivity contribution >= 4 is 11.0 Å². The first-order valence-corrected chi connectivity index (χ1v) is 5.39. The van der Waals surface area contributed by atoms with Gasteiger partial charge in [-0.2, -0.15) is 0 Å². The highest BCUT2D eigenvalue weighted by atomic mass is 16.3. The van der Waals surface area contributed by atoms with Crippen molar-refractivity contribution in [2.24, 2.45) is 0 Å². The largest absolute Gasteiger partial charge is 0.460 e. The van der Waals surface area contributed by atoms with Crippen LogP contribution in [0.15, 0.2) is 28.7 Å². The molecule has 0 radical (unpaired) electrons. The molecule has 2 nitrogen and oxygen atoms in total. The second-order valence-corrected chi connectivity index (χ2v) is 3.78. The summed E-state index contributed by atoms with van der Waals surface area (Å²) in [4.78, 5) is 0. The van der Waals surface area contributed by atoms with Crippen LogP contribution < -0.4 is 5.32 Å². The summed E-state index contributed by atoms with van der Waals surface area (Å²) in [5, 5.41) is 4.38. The SMILES string of the molecule is CC#CCNCc1cc2cc(C)ccc2o1. The van der Waals surface area contributed by atoms with E-state index >= 15 is 0 Å². The molecule has 0 amide bonds. The third-order valence-corrected chi connectivity index (χ3v) is 2.41. The maximum absolute atomic E-state index is 5.69. The molecule has 1 aromatic carbocycles. The summed E-state index contributed by atoms with van der Waals surface area (Å²) in [5.74, 6) is 6.76. The van der Waals surface area contributed by atoms with Crippen molar-refractivity contribution in [1.82, 2.24) is 5.32 Å². The van der Waals surface area contributed by atoms with E-state index in [0.29, 0.717) is 6.54 Å². The highest BCUT2D eigenvalue weighted by Gasteiger charge is 2.02. The molecule has 0 aliphatic carbocycles. The van der Waals surface area contributed by atoms with Gasteiger partial charge in [0, 0.05) is 5.39 Å². The fraction of sp³-hybridized carbons (Fsp3) is 0.286. The summed E-state index contributed by atoms with van der Waals surface area (Å²) in [6.45, 7) is 5.35. The average Bonchev–Trinajstić information content (AvgIpc) is 2.66. The van der Waals surface area contributed by atoms with Crippen LogP contribution >= 0.6 is 0 Å². The van der Waals surface area contributed by atoms with Crippen LogP contribution in [0.4, 0.5) is 0 Å². The quantitative estimate of drug-likeness (QED) is 0.626. The molecule has 0 saturated heterocycles. The van der Waals surface area contributed by atoms with E-state index in [2.05, 4.69) is 42.3 Å². The molecule has 16 heavy (non-hydrogen) atoms. The van der Waals surface area contributed by atoms with Crippen LogP contribution in [0.1, 0.15) is 18.2 Å². The Balaban J connectivity index is 2.09. The maximum atomic E-state index is 5.69. The van der Waals surface area contributed by atoms with Crippen LogP contribution in [0.2, 0.25) is 0 Å². The Morgan fingerprint density at radius 1 is 1.31 bits per heavy atom. The normalized spacial score (nSPS) is 10.1. The molecule has 1 N–H and O–H groups in total. The van der Waals surface area contributed by atoms with Crippen LogP contribution in [-0.2, 0) is 6.54 Å². The van der Waals surface area contributed by atoms with Gasteiger partial charge in [-0.15, -0.1) is 5.92 Å². The zero-order valence-corrected chi connectivity index (χ0v) is 9.63. The lowest BCUT2D eigenvalue weighted by Gasteiger charge is -1.94. The molecule has 0 saturated carbocycles. The van der Waals surface area contributed by atoms with Gasteiger partial charge in [-0.25, -0.2) is 0 Å². The standard InChI is InChI=1S/C14H15NO/c1-3-4-7-15-10-13-9-12-8-11(2)5-6-14(12)16-13/h5-6,8-9,15H,7,10H2,1-2H3. The monoisotopic (exact) mass is 213 g/mol. The number of benzene rings is 1. The van der Waals surface area contributed by atoms with Gasteiger partial charge in [-0.3, -0.25) is 5.32 Å². The van der Waals surface area contributed by atoms with E-state index in [0.717, 1.165) is 17.9 Å². The summed E-state index contributed by atoms with van der Waals surface area (Å²) < 4.78 is 5.69. The minimum absolute atomic E-state index is 0.701. The zero-order valence-electron chi connectivity index (χ0n) is 9.63. The topological polar surface area (TPSA) is 25.2 Å².